The van der Waals surface area contributed by atoms with E-state index in [9.17, 15) is 10.1 Å². The highest BCUT2D eigenvalue weighted by molar-refractivity contribution is 5.43. The minimum absolute atomic E-state index is 0.171. The van der Waals surface area contributed by atoms with Crippen molar-refractivity contribution in [2.24, 2.45) is 0 Å². The molecular weight excluding hydrogens is 154 g/mol. The number of rotatable bonds is 2. The Hall–Kier alpha value is -1.38. The van der Waals surface area contributed by atoms with Crippen molar-refractivity contribution in [2.75, 3.05) is 0 Å². The molecule has 0 bridgehead atoms. The lowest BCUT2D eigenvalue weighted by Crippen LogP contribution is -1.94. The summed E-state index contributed by atoms with van der Waals surface area (Å²) in [6.07, 6.45) is 0.455. The first-order valence-electron chi connectivity index (χ1n) is 3.68. The van der Waals surface area contributed by atoms with Gasteiger partial charge in [0.15, 0.2) is 0 Å². The molecule has 1 radical (unpaired) electrons. The zero-order chi connectivity index (χ0) is 9.14. The number of hydrogen-bond acceptors (Lipinski definition) is 2. The Morgan fingerprint density at radius 2 is 2.25 bits per heavy atom. The van der Waals surface area contributed by atoms with E-state index in [4.69, 9.17) is 0 Å². The third-order valence-electron chi connectivity index (χ3n) is 1.71. The summed E-state index contributed by atoms with van der Waals surface area (Å²) in [5.41, 5.74) is 1.76. The second kappa shape index (κ2) is 3.34. The number of nitro benzene ring substituents is 1. The van der Waals surface area contributed by atoms with Gasteiger partial charge in [-0.1, -0.05) is 12.1 Å². The van der Waals surface area contributed by atoms with Crippen LogP contribution < -0.4 is 0 Å². The summed E-state index contributed by atoms with van der Waals surface area (Å²) in [4.78, 5) is 10.1. The van der Waals surface area contributed by atoms with Crippen molar-refractivity contribution in [1.82, 2.24) is 0 Å². The molecule has 1 rings (SSSR count). The van der Waals surface area contributed by atoms with Crippen molar-refractivity contribution in [1.29, 1.82) is 0 Å². The summed E-state index contributed by atoms with van der Waals surface area (Å²) in [6, 6.07) is 5.18. The summed E-state index contributed by atoms with van der Waals surface area (Å²) in [5.74, 6) is 0. The van der Waals surface area contributed by atoms with Crippen LogP contribution in [0.3, 0.4) is 0 Å². The van der Waals surface area contributed by atoms with Crippen LogP contribution in [0.15, 0.2) is 18.2 Å². The summed E-state index contributed by atoms with van der Waals surface area (Å²) >= 11 is 0. The Labute approximate surface area is 71.2 Å². The van der Waals surface area contributed by atoms with Gasteiger partial charge < -0.3 is 0 Å². The van der Waals surface area contributed by atoms with Crippen molar-refractivity contribution in [3.05, 3.63) is 46.4 Å². The molecule has 0 unspecified atom stereocenters. The topological polar surface area (TPSA) is 43.1 Å². The van der Waals surface area contributed by atoms with E-state index in [1.165, 1.54) is 0 Å². The van der Waals surface area contributed by atoms with Crippen LogP contribution >= 0.6 is 0 Å². The molecule has 0 atom stereocenters. The Kier molecular flexibility index (Phi) is 2.43. The maximum atomic E-state index is 10.5. The van der Waals surface area contributed by atoms with Crippen molar-refractivity contribution in [3.63, 3.8) is 0 Å². The van der Waals surface area contributed by atoms with Gasteiger partial charge in [0.25, 0.3) is 5.69 Å². The zero-order valence-electron chi connectivity index (χ0n) is 6.91. The molecule has 0 amide bonds. The Bertz CT molecular complexity index is 307. The summed E-state index contributed by atoms with van der Waals surface area (Å²) in [5, 5.41) is 10.5. The molecule has 12 heavy (non-hydrogen) atoms. The first-order valence-corrected chi connectivity index (χ1v) is 3.68. The number of benzene rings is 1. The van der Waals surface area contributed by atoms with E-state index >= 15 is 0 Å². The smallest absolute Gasteiger partial charge is 0.258 e. The first-order chi connectivity index (χ1) is 5.65. The fraction of sp³-hybridized carbons (Fsp3) is 0.222. The Morgan fingerprint density at radius 3 is 2.75 bits per heavy atom. The Balaban J connectivity index is 3.21. The van der Waals surface area contributed by atoms with Gasteiger partial charge in [-0.25, -0.2) is 0 Å². The lowest BCUT2D eigenvalue weighted by molar-refractivity contribution is -0.385. The van der Waals surface area contributed by atoms with Gasteiger partial charge in [-0.3, -0.25) is 10.1 Å². The number of nitrogens with zero attached hydrogens (tertiary/aromatic N) is 1. The van der Waals surface area contributed by atoms with Gasteiger partial charge in [0.1, 0.15) is 0 Å². The van der Waals surface area contributed by atoms with Crippen LogP contribution in [0, 0.1) is 24.0 Å². The van der Waals surface area contributed by atoms with E-state index < -0.39 is 0 Å². The molecule has 0 spiro atoms. The van der Waals surface area contributed by atoms with Crippen LogP contribution in [0.25, 0.3) is 0 Å². The second-order valence-electron chi connectivity index (χ2n) is 2.64. The first kappa shape index (κ1) is 8.71. The van der Waals surface area contributed by atoms with Crippen molar-refractivity contribution < 1.29 is 4.92 Å². The van der Waals surface area contributed by atoms with Gasteiger partial charge in [0.2, 0.25) is 0 Å². The predicted molar refractivity (Wildman–Crippen MR) is 46.9 cm³/mol. The van der Waals surface area contributed by atoms with Crippen LogP contribution in [0.4, 0.5) is 5.69 Å². The molecule has 0 aliphatic carbocycles. The number of aryl methyl sites for hydroxylation is 1. The van der Waals surface area contributed by atoms with Crippen LogP contribution in [0.1, 0.15) is 11.1 Å². The second-order valence-corrected chi connectivity index (χ2v) is 2.64. The van der Waals surface area contributed by atoms with Gasteiger partial charge in [-0.05, 0) is 25.8 Å². The molecule has 0 N–H and O–H groups in total. The summed E-state index contributed by atoms with van der Waals surface area (Å²) in [7, 11) is 0. The summed E-state index contributed by atoms with van der Waals surface area (Å²) < 4.78 is 0. The molecule has 1 aromatic rings. The van der Waals surface area contributed by atoms with Gasteiger partial charge >= 0.3 is 0 Å². The molecule has 0 heterocycles. The number of nitro groups is 1. The van der Waals surface area contributed by atoms with Gasteiger partial charge in [0, 0.05) is 11.6 Å². The van der Waals surface area contributed by atoms with E-state index in [1.54, 1.807) is 12.1 Å². The van der Waals surface area contributed by atoms with E-state index in [0.717, 1.165) is 5.56 Å². The van der Waals surface area contributed by atoms with Crippen molar-refractivity contribution in [2.45, 2.75) is 13.3 Å². The standard InChI is InChI=1S/C9H10NO2/c1-3-8-5-4-7(2)6-9(8)10(11)12/h4-6H,1,3H2,2H3. The molecule has 3 nitrogen and oxygen atoms in total. The van der Waals surface area contributed by atoms with Crippen LogP contribution in [0.2, 0.25) is 0 Å². The van der Waals surface area contributed by atoms with Gasteiger partial charge in [0.05, 0.1) is 4.92 Å². The van der Waals surface area contributed by atoms with E-state index in [2.05, 4.69) is 6.92 Å². The third-order valence-corrected chi connectivity index (χ3v) is 1.71. The number of hydrogen-bond donors (Lipinski definition) is 0. The zero-order valence-corrected chi connectivity index (χ0v) is 6.91. The van der Waals surface area contributed by atoms with Gasteiger partial charge in [-0.2, -0.15) is 0 Å². The third kappa shape index (κ3) is 1.61. The largest absolute Gasteiger partial charge is 0.272 e. The molecule has 63 valence electrons. The fourth-order valence-electron chi connectivity index (χ4n) is 1.06. The minimum atomic E-state index is -0.368. The van der Waals surface area contributed by atoms with E-state index in [0.29, 0.717) is 12.0 Å². The lowest BCUT2D eigenvalue weighted by atomic mass is 10.1. The molecule has 0 aliphatic heterocycles. The molecule has 0 saturated heterocycles. The summed E-state index contributed by atoms with van der Waals surface area (Å²) in [6.45, 7) is 5.46. The minimum Gasteiger partial charge on any atom is -0.258 e. The molecule has 1 aromatic carbocycles. The highest BCUT2D eigenvalue weighted by Gasteiger charge is 2.10. The van der Waals surface area contributed by atoms with Crippen molar-refractivity contribution >= 4 is 5.69 Å². The Morgan fingerprint density at radius 1 is 1.58 bits per heavy atom. The van der Waals surface area contributed by atoms with E-state index in [-0.39, 0.29) is 10.6 Å². The molecule has 0 fully saturated rings. The lowest BCUT2D eigenvalue weighted by Gasteiger charge is -1.99. The van der Waals surface area contributed by atoms with Crippen LogP contribution in [-0.4, -0.2) is 4.92 Å². The highest BCUT2D eigenvalue weighted by Crippen LogP contribution is 2.19. The van der Waals surface area contributed by atoms with Gasteiger partial charge in [-0.15, -0.1) is 0 Å². The normalized spacial score (nSPS) is 9.83. The fourth-order valence-corrected chi connectivity index (χ4v) is 1.06. The quantitative estimate of drug-likeness (QED) is 0.497. The van der Waals surface area contributed by atoms with Crippen molar-refractivity contribution in [3.8, 4) is 0 Å². The SMILES string of the molecule is [CH2]Cc1ccc(C)cc1[N+](=O)[O-]. The van der Waals surface area contributed by atoms with E-state index in [1.807, 2.05) is 13.0 Å². The molecule has 0 saturated carbocycles. The predicted octanol–water partition coefficient (Wildman–Crippen LogP) is 2.28. The highest BCUT2D eigenvalue weighted by atomic mass is 16.6. The molecule has 3 heteroatoms. The molecular formula is C9H10NO2. The maximum Gasteiger partial charge on any atom is 0.272 e. The molecule has 0 aliphatic rings. The van der Waals surface area contributed by atoms with Crippen LogP contribution in [0.5, 0.6) is 0 Å². The average Bonchev–Trinajstić information content (AvgIpc) is 2.04. The maximum absolute atomic E-state index is 10.5. The average molecular weight is 164 g/mol. The van der Waals surface area contributed by atoms with Crippen LogP contribution in [-0.2, 0) is 6.42 Å². The monoisotopic (exact) mass is 164 g/mol. The molecule has 0 aromatic heterocycles.